The lowest BCUT2D eigenvalue weighted by Gasteiger charge is -2.28. The summed E-state index contributed by atoms with van der Waals surface area (Å²) < 4.78 is 20.3. The molecule has 0 bridgehead atoms. The van der Waals surface area contributed by atoms with Gasteiger partial charge in [0.05, 0.1) is 6.42 Å². The molecule has 1 amide bonds. The van der Waals surface area contributed by atoms with Gasteiger partial charge in [-0.1, -0.05) is 30.3 Å². The van der Waals surface area contributed by atoms with E-state index in [2.05, 4.69) is 5.32 Å². The molecule has 0 unspecified atom stereocenters. The number of carbonyl (C=O) groups is 1. The zero-order chi connectivity index (χ0) is 14.8. The number of benzene rings is 1. The standard InChI is InChI=1S/C14H21NO5/c1-17-14(18-2,19-3)9-10-20-13(16)15-11-12-7-5-4-6-8-12/h4-8H,9-11H2,1-3H3,(H,15,16). The summed E-state index contributed by atoms with van der Waals surface area (Å²) in [7, 11) is 4.38. The number of carbonyl (C=O) groups excluding carboxylic acids is 1. The number of hydrogen-bond donors (Lipinski definition) is 1. The van der Waals surface area contributed by atoms with Crippen LogP contribution in [0.1, 0.15) is 12.0 Å². The first-order chi connectivity index (χ1) is 9.65. The van der Waals surface area contributed by atoms with Gasteiger partial charge in [0.2, 0.25) is 0 Å². The van der Waals surface area contributed by atoms with Crippen molar-refractivity contribution in [1.29, 1.82) is 0 Å². The monoisotopic (exact) mass is 283 g/mol. The molecular formula is C14H21NO5. The van der Waals surface area contributed by atoms with Crippen molar-refractivity contribution >= 4 is 6.09 Å². The zero-order valence-electron chi connectivity index (χ0n) is 12.0. The van der Waals surface area contributed by atoms with E-state index in [0.717, 1.165) is 5.56 Å². The van der Waals surface area contributed by atoms with Crippen molar-refractivity contribution in [3.63, 3.8) is 0 Å². The predicted octanol–water partition coefficient (Wildman–Crippen LogP) is 1.90. The molecule has 0 aliphatic rings. The van der Waals surface area contributed by atoms with Crippen LogP contribution < -0.4 is 5.32 Å². The van der Waals surface area contributed by atoms with Gasteiger partial charge < -0.3 is 24.3 Å². The third-order valence-corrected chi connectivity index (χ3v) is 2.85. The molecule has 0 aliphatic heterocycles. The maximum absolute atomic E-state index is 11.5. The molecule has 0 atom stereocenters. The third-order valence-electron chi connectivity index (χ3n) is 2.85. The molecule has 0 spiro atoms. The van der Waals surface area contributed by atoms with Crippen LogP contribution in [0.25, 0.3) is 0 Å². The zero-order valence-corrected chi connectivity index (χ0v) is 12.0. The number of rotatable bonds is 8. The van der Waals surface area contributed by atoms with E-state index in [0.29, 0.717) is 6.54 Å². The fourth-order valence-corrected chi connectivity index (χ4v) is 1.65. The maximum atomic E-state index is 11.5. The van der Waals surface area contributed by atoms with E-state index in [1.807, 2.05) is 30.3 Å². The molecule has 0 aromatic heterocycles. The van der Waals surface area contributed by atoms with Crippen LogP contribution in [0.2, 0.25) is 0 Å². The molecule has 20 heavy (non-hydrogen) atoms. The quantitative estimate of drug-likeness (QED) is 0.738. The summed E-state index contributed by atoms with van der Waals surface area (Å²) in [5.41, 5.74) is 1.00. The molecule has 6 heteroatoms. The second-order valence-corrected chi connectivity index (χ2v) is 4.02. The van der Waals surface area contributed by atoms with Crippen molar-refractivity contribution in [2.45, 2.75) is 18.9 Å². The average molecular weight is 283 g/mol. The summed E-state index contributed by atoms with van der Waals surface area (Å²) in [5, 5.41) is 2.66. The largest absolute Gasteiger partial charge is 0.449 e. The summed E-state index contributed by atoms with van der Waals surface area (Å²) in [6.07, 6.45) is -0.221. The molecule has 1 rings (SSSR count). The second kappa shape index (κ2) is 8.52. The van der Waals surface area contributed by atoms with Gasteiger partial charge in [0.1, 0.15) is 6.61 Å². The van der Waals surface area contributed by atoms with E-state index in [-0.39, 0.29) is 13.0 Å². The van der Waals surface area contributed by atoms with Crippen molar-refractivity contribution in [1.82, 2.24) is 5.32 Å². The van der Waals surface area contributed by atoms with E-state index in [1.54, 1.807) is 0 Å². The average Bonchev–Trinajstić information content (AvgIpc) is 2.51. The maximum Gasteiger partial charge on any atom is 0.407 e. The van der Waals surface area contributed by atoms with E-state index in [1.165, 1.54) is 21.3 Å². The highest BCUT2D eigenvalue weighted by Gasteiger charge is 2.29. The Bertz CT molecular complexity index is 384. The SMILES string of the molecule is COC(CCOC(=O)NCc1ccccc1)(OC)OC. The minimum atomic E-state index is -1.18. The van der Waals surface area contributed by atoms with Crippen molar-refractivity contribution in [2.24, 2.45) is 0 Å². The van der Waals surface area contributed by atoms with Gasteiger partial charge in [-0.05, 0) is 5.56 Å². The van der Waals surface area contributed by atoms with Gasteiger partial charge in [-0.3, -0.25) is 0 Å². The van der Waals surface area contributed by atoms with Gasteiger partial charge in [-0.2, -0.15) is 0 Å². The Kier molecular flexibility index (Phi) is 7.00. The number of methoxy groups -OCH3 is 3. The number of alkyl carbamates (subject to hydrolysis) is 1. The van der Waals surface area contributed by atoms with Gasteiger partial charge in [-0.15, -0.1) is 0 Å². The lowest BCUT2D eigenvalue weighted by atomic mass is 10.2. The third kappa shape index (κ3) is 5.16. The number of ether oxygens (including phenoxy) is 4. The number of hydrogen-bond acceptors (Lipinski definition) is 5. The fraction of sp³-hybridized carbons (Fsp3) is 0.500. The predicted molar refractivity (Wildman–Crippen MR) is 73.0 cm³/mol. The lowest BCUT2D eigenvalue weighted by molar-refractivity contribution is -0.356. The van der Waals surface area contributed by atoms with Gasteiger partial charge in [-0.25, -0.2) is 4.79 Å². The van der Waals surface area contributed by atoms with Crippen molar-refractivity contribution < 1.29 is 23.7 Å². The first kappa shape index (κ1) is 16.4. The highest BCUT2D eigenvalue weighted by molar-refractivity contribution is 5.67. The summed E-state index contributed by atoms with van der Waals surface area (Å²) in [6.45, 7) is 0.541. The minimum Gasteiger partial charge on any atom is -0.449 e. The summed E-state index contributed by atoms with van der Waals surface area (Å²) in [5.74, 6) is -1.18. The first-order valence-electron chi connectivity index (χ1n) is 6.26. The van der Waals surface area contributed by atoms with Crippen LogP contribution in [0.4, 0.5) is 4.79 Å². The molecule has 1 N–H and O–H groups in total. The Balaban J connectivity index is 2.26. The van der Waals surface area contributed by atoms with Crippen molar-refractivity contribution in [2.75, 3.05) is 27.9 Å². The van der Waals surface area contributed by atoms with E-state index < -0.39 is 12.1 Å². The number of amides is 1. The lowest BCUT2D eigenvalue weighted by Crippen LogP contribution is -2.38. The summed E-state index contributed by atoms with van der Waals surface area (Å²) >= 11 is 0. The Morgan fingerprint density at radius 3 is 2.25 bits per heavy atom. The Morgan fingerprint density at radius 1 is 1.10 bits per heavy atom. The molecule has 0 aliphatic carbocycles. The van der Waals surface area contributed by atoms with Crippen LogP contribution in [0.15, 0.2) is 30.3 Å². The van der Waals surface area contributed by atoms with Crippen LogP contribution in [-0.4, -0.2) is 40.0 Å². The van der Waals surface area contributed by atoms with E-state index >= 15 is 0 Å². The van der Waals surface area contributed by atoms with Crippen LogP contribution in [0.5, 0.6) is 0 Å². The smallest absolute Gasteiger partial charge is 0.407 e. The van der Waals surface area contributed by atoms with Gasteiger partial charge in [0, 0.05) is 27.9 Å². The Hall–Kier alpha value is -1.63. The molecule has 0 heterocycles. The van der Waals surface area contributed by atoms with E-state index in [9.17, 15) is 4.79 Å². The Morgan fingerprint density at radius 2 is 1.70 bits per heavy atom. The van der Waals surface area contributed by atoms with Gasteiger partial charge >= 0.3 is 6.09 Å². The molecule has 1 aromatic carbocycles. The molecule has 0 saturated carbocycles. The van der Waals surface area contributed by atoms with Crippen LogP contribution in [0.3, 0.4) is 0 Å². The van der Waals surface area contributed by atoms with Gasteiger partial charge in [0.25, 0.3) is 5.97 Å². The van der Waals surface area contributed by atoms with Crippen LogP contribution in [-0.2, 0) is 25.5 Å². The van der Waals surface area contributed by atoms with Crippen LogP contribution >= 0.6 is 0 Å². The Labute approximate surface area is 119 Å². The van der Waals surface area contributed by atoms with Crippen molar-refractivity contribution in [3.8, 4) is 0 Å². The van der Waals surface area contributed by atoms with E-state index in [4.69, 9.17) is 18.9 Å². The molecule has 0 radical (unpaired) electrons. The van der Waals surface area contributed by atoms with Crippen LogP contribution in [0, 0.1) is 0 Å². The molecule has 112 valence electrons. The molecule has 0 saturated heterocycles. The topological polar surface area (TPSA) is 66.0 Å². The normalized spacial score (nSPS) is 11.2. The highest BCUT2D eigenvalue weighted by Crippen LogP contribution is 2.16. The fourth-order valence-electron chi connectivity index (χ4n) is 1.65. The highest BCUT2D eigenvalue weighted by atomic mass is 16.9. The minimum absolute atomic E-state index is 0.121. The molecule has 6 nitrogen and oxygen atoms in total. The van der Waals surface area contributed by atoms with Crippen molar-refractivity contribution in [3.05, 3.63) is 35.9 Å². The second-order valence-electron chi connectivity index (χ2n) is 4.02. The van der Waals surface area contributed by atoms with Gasteiger partial charge in [0.15, 0.2) is 0 Å². The number of nitrogens with one attached hydrogen (secondary N) is 1. The molecular weight excluding hydrogens is 262 g/mol. The molecule has 1 aromatic rings. The summed E-state index contributed by atoms with van der Waals surface area (Å²) in [4.78, 5) is 11.5. The summed E-state index contributed by atoms with van der Waals surface area (Å²) in [6, 6.07) is 9.58. The first-order valence-corrected chi connectivity index (χ1v) is 6.26. The molecule has 0 fully saturated rings.